The molecule has 2 amide bonds. The molecule has 6 nitrogen and oxygen atoms in total. The number of aryl methyl sites for hydroxylation is 2. The van der Waals surface area contributed by atoms with Gasteiger partial charge in [0.2, 0.25) is 11.8 Å². The van der Waals surface area contributed by atoms with E-state index in [1.165, 1.54) is 0 Å². The third-order valence-corrected chi connectivity index (χ3v) is 4.71. The zero-order valence-electron chi connectivity index (χ0n) is 12.9. The second kappa shape index (κ2) is 5.67. The van der Waals surface area contributed by atoms with Crippen molar-refractivity contribution in [1.82, 2.24) is 20.0 Å². The molecular formula is C14H21ClN4O2. The summed E-state index contributed by atoms with van der Waals surface area (Å²) in [6.07, 6.45) is 1.14. The van der Waals surface area contributed by atoms with Crippen molar-refractivity contribution in [3.63, 3.8) is 0 Å². The monoisotopic (exact) mass is 312 g/mol. The quantitative estimate of drug-likeness (QED) is 0.914. The molecule has 0 bridgehead atoms. The summed E-state index contributed by atoms with van der Waals surface area (Å²) in [6, 6.07) is 0. The number of hydrogen-bond donors (Lipinski definition) is 1. The Balaban J connectivity index is 2.30. The number of nitrogens with zero attached hydrogens (tertiary/aromatic N) is 3. The number of rotatable bonds is 4. The average molecular weight is 313 g/mol. The van der Waals surface area contributed by atoms with Crippen molar-refractivity contribution in [3.8, 4) is 0 Å². The maximum atomic E-state index is 12.7. The molecule has 0 atom stereocenters. The van der Waals surface area contributed by atoms with Crippen molar-refractivity contribution in [2.75, 3.05) is 6.54 Å². The molecule has 0 unspecified atom stereocenters. The third-order valence-electron chi connectivity index (χ3n) is 4.22. The van der Waals surface area contributed by atoms with E-state index < -0.39 is 5.54 Å². The predicted molar refractivity (Wildman–Crippen MR) is 79.8 cm³/mol. The van der Waals surface area contributed by atoms with Gasteiger partial charge in [0.1, 0.15) is 12.1 Å². The molecule has 2 heterocycles. The van der Waals surface area contributed by atoms with Crippen LogP contribution in [0.1, 0.15) is 38.1 Å². The van der Waals surface area contributed by atoms with Gasteiger partial charge in [-0.25, -0.2) is 0 Å². The Kier molecular flexibility index (Phi) is 4.27. The number of hydrogen-bond acceptors (Lipinski definition) is 3. The van der Waals surface area contributed by atoms with Crippen LogP contribution in [0.5, 0.6) is 0 Å². The number of nitrogens with one attached hydrogen (secondary N) is 1. The van der Waals surface area contributed by atoms with Crippen LogP contribution < -0.4 is 5.32 Å². The van der Waals surface area contributed by atoms with Crippen LogP contribution in [0.4, 0.5) is 0 Å². The Morgan fingerprint density at radius 1 is 1.33 bits per heavy atom. The highest BCUT2D eigenvalue weighted by molar-refractivity contribution is 6.31. The molecule has 0 spiro atoms. The van der Waals surface area contributed by atoms with Gasteiger partial charge in [0.15, 0.2) is 0 Å². The smallest absolute Gasteiger partial charge is 0.249 e. The van der Waals surface area contributed by atoms with Crippen LogP contribution >= 0.6 is 11.6 Å². The van der Waals surface area contributed by atoms with Crippen LogP contribution in [0.15, 0.2) is 0 Å². The van der Waals surface area contributed by atoms with E-state index in [2.05, 4.69) is 10.4 Å². The lowest BCUT2D eigenvalue weighted by Gasteiger charge is -2.41. The molecule has 1 aliphatic rings. The van der Waals surface area contributed by atoms with E-state index in [0.29, 0.717) is 24.4 Å². The van der Waals surface area contributed by atoms with Gasteiger partial charge in [-0.1, -0.05) is 25.4 Å². The molecule has 1 aromatic heterocycles. The summed E-state index contributed by atoms with van der Waals surface area (Å²) >= 11 is 6.23. The van der Waals surface area contributed by atoms with E-state index in [4.69, 9.17) is 11.6 Å². The van der Waals surface area contributed by atoms with Crippen LogP contribution in [0.3, 0.4) is 0 Å². The second-order valence-corrected chi connectivity index (χ2v) is 5.85. The van der Waals surface area contributed by atoms with Crippen molar-refractivity contribution < 1.29 is 9.59 Å². The highest BCUT2D eigenvalue weighted by atomic mass is 35.5. The first-order valence-corrected chi connectivity index (χ1v) is 7.50. The highest BCUT2D eigenvalue weighted by Crippen LogP contribution is 2.26. The zero-order chi connectivity index (χ0) is 15.8. The maximum Gasteiger partial charge on any atom is 0.249 e. The van der Waals surface area contributed by atoms with Gasteiger partial charge < -0.3 is 10.2 Å². The third kappa shape index (κ3) is 2.64. The number of carbonyl (C=O) groups excluding carboxylic acids is 2. The lowest BCUT2D eigenvalue weighted by atomic mass is 9.89. The summed E-state index contributed by atoms with van der Waals surface area (Å²) in [7, 11) is 1.79. The number of carbonyl (C=O) groups is 2. The molecular weight excluding hydrogens is 292 g/mol. The van der Waals surface area contributed by atoms with Gasteiger partial charge in [0.25, 0.3) is 0 Å². The van der Waals surface area contributed by atoms with Gasteiger partial charge in [-0.3, -0.25) is 14.3 Å². The molecule has 0 radical (unpaired) electrons. The minimum atomic E-state index is -0.796. The van der Waals surface area contributed by atoms with Gasteiger partial charge in [-0.05, 0) is 19.8 Å². The molecule has 0 aromatic carbocycles. The Morgan fingerprint density at radius 2 is 1.95 bits per heavy atom. The van der Waals surface area contributed by atoms with E-state index in [1.807, 2.05) is 20.8 Å². The summed E-state index contributed by atoms with van der Waals surface area (Å²) in [5.74, 6) is -0.185. The van der Waals surface area contributed by atoms with Gasteiger partial charge in [-0.2, -0.15) is 5.10 Å². The van der Waals surface area contributed by atoms with Gasteiger partial charge >= 0.3 is 0 Å². The average Bonchev–Trinajstić information content (AvgIpc) is 2.69. The Hall–Kier alpha value is -1.56. The molecule has 1 aliphatic heterocycles. The summed E-state index contributed by atoms with van der Waals surface area (Å²) in [5.41, 5.74) is 0.675. The lowest BCUT2D eigenvalue weighted by molar-refractivity contribution is -0.151. The van der Waals surface area contributed by atoms with Crippen molar-refractivity contribution in [3.05, 3.63) is 16.4 Å². The summed E-state index contributed by atoms with van der Waals surface area (Å²) < 4.78 is 1.66. The molecule has 116 valence electrons. The molecule has 7 heteroatoms. The lowest BCUT2D eigenvalue weighted by Crippen LogP contribution is -2.65. The molecule has 1 aromatic rings. The van der Waals surface area contributed by atoms with E-state index in [-0.39, 0.29) is 18.4 Å². The number of halogens is 1. The summed E-state index contributed by atoms with van der Waals surface area (Å²) in [6.45, 7) is 5.99. The summed E-state index contributed by atoms with van der Waals surface area (Å²) in [5, 5.41) is 7.64. The van der Waals surface area contributed by atoms with Crippen LogP contribution in [-0.4, -0.2) is 38.6 Å². The van der Waals surface area contributed by atoms with E-state index in [1.54, 1.807) is 16.6 Å². The molecule has 1 fully saturated rings. The highest BCUT2D eigenvalue weighted by Gasteiger charge is 2.44. The second-order valence-electron chi connectivity index (χ2n) is 5.47. The molecule has 0 aliphatic carbocycles. The number of aromatic nitrogens is 2. The Labute approximate surface area is 129 Å². The van der Waals surface area contributed by atoms with Crippen molar-refractivity contribution in [1.29, 1.82) is 0 Å². The van der Waals surface area contributed by atoms with Crippen LogP contribution in [0, 0.1) is 6.92 Å². The molecule has 1 N–H and O–H groups in total. The van der Waals surface area contributed by atoms with Gasteiger partial charge in [-0.15, -0.1) is 0 Å². The van der Waals surface area contributed by atoms with Gasteiger partial charge in [0, 0.05) is 7.05 Å². The fourth-order valence-electron chi connectivity index (χ4n) is 2.80. The first kappa shape index (κ1) is 15.8. The number of piperazine rings is 1. The fraction of sp³-hybridized carbons (Fsp3) is 0.643. The first-order valence-electron chi connectivity index (χ1n) is 7.13. The topological polar surface area (TPSA) is 67.2 Å². The predicted octanol–water partition coefficient (Wildman–Crippen LogP) is 1.40. The molecule has 2 rings (SSSR count). The van der Waals surface area contributed by atoms with Crippen molar-refractivity contribution in [2.45, 2.75) is 45.7 Å². The van der Waals surface area contributed by atoms with Crippen LogP contribution in [-0.2, 0) is 23.2 Å². The van der Waals surface area contributed by atoms with Crippen molar-refractivity contribution >= 4 is 23.4 Å². The maximum absolute atomic E-state index is 12.7. The SMILES string of the molecule is CCC1(CC)NC(=O)CN(Cc2c(Cl)c(C)nn2C)C1=O. The molecule has 0 saturated carbocycles. The van der Waals surface area contributed by atoms with E-state index >= 15 is 0 Å². The molecule has 1 saturated heterocycles. The first-order chi connectivity index (χ1) is 9.84. The normalized spacial score (nSPS) is 18.0. The standard InChI is InChI=1S/C14H21ClN4O2/c1-5-14(6-2)13(21)19(8-11(20)16-14)7-10-12(15)9(3)17-18(10)4/h5-8H2,1-4H3,(H,16,20). The molecule has 21 heavy (non-hydrogen) atoms. The largest absolute Gasteiger partial charge is 0.340 e. The minimum absolute atomic E-state index is 0.0537. The Bertz CT molecular complexity index is 578. The fourth-order valence-corrected chi connectivity index (χ4v) is 3.02. The van der Waals surface area contributed by atoms with Crippen molar-refractivity contribution in [2.24, 2.45) is 7.05 Å². The van der Waals surface area contributed by atoms with E-state index in [0.717, 1.165) is 11.4 Å². The van der Waals surface area contributed by atoms with Crippen LogP contribution in [0.25, 0.3) is 0 Å². The minimum Gasteiger partial charge on any atom is -0.340 e. The zero-order valence-corrected chi connectivity index (χ0v) is 13.6. The van der Waals surface area contributed by atoms with Crippen LogP contribution in [0.2, 0.25) is 5.02 Å². The van der Waals surface area contributed by atoms with Gasteiger partial charge in [0.05, 0.1) is 23.0 Å². The summed E-state index contributed by atoms with van der Waals surface area (Å²) in [4.78, 5) is 26.2. The van der Waals surface area contributed by atoms with E-state index in [9.17, 15) is 9.59 Å². The number of amides is 2. The Morgan fingerprint density at radius 3 is 2.43 bits per heavy atom.